The average Bonchev–Trinajstić information content (AvgIpc) is 2.28. The van der Waals surface area contributed by atoms with Gasteiger partial charge in [-0.3, -0.25) is 0 Å². The van der Waals surface area contributed by atoms with E-state index in [1.165, 1.54) is 70.6 Å². The van der Waals surface area contributed by atoms with E-state index in [9.17, 15) is 0 Å². The molecule has 0 N–H and O–H groups in total. The molecule has 0 aromatic rings. The van der Waals surface area contributed by atoms with Crippen molar-refractivity contribution >= 4 is 0 Å². The van der Waals surface area contributed by atoms with Crippen LogP contribution < -0.4 is 0 Å². The Labute approximate surface area is 96.8 Å². The second-order valence-electron chi connectivity index (χ2n) is 5.44. The zero-order valence-corrected chi connectivity index (χ0v) is 10.9. The van der Waals surface area contributed by atoms with Crippen molar-refractivity contribution in [3.05, 3.63) is 0 Å². The normalized spacial score (nSPS) is 26.8. The summed E-state index contributed by atoms with van der Waals surface area (Å²) in [6, 6.07) is 0. The van der Waals surface area contributed by atoms with Crippen LogP contribution in [0.25, 0.3) is 0 Å². The molecule has 0 radical (unpaired) electrons. The summed E-state index contributed by atoms with van der Waals surface area (Å²) in [6.45, 7) is 4.64. The second-order valence-corrected chi connectivity index (χ2v) is 5.44. The van der Waals surface area contributed by atoms with E-state index >= 15 is 0 Å². The zero-order chi connectivity index (χ0) is 10.9. The van der Waals surface area contributed by atoms with Crippen molar-refractivity contribution in [3.8, 4) is 0 Å². The van der Waals surface area contributed by atoms with Crippen LogP contribution in [0.4, 0.5) is 0 Å². The van der Waals surface area contributed by atoms with Crippen LogP contribution in [0, 0.1) is 11.8 Å². The van der Waals surface area contributed by atoms with E-state index in [0.29, 0.717) is 0 Å². The van der Waals surface area contributed by atoms with Crippen molar-refractivity contribution in [2.45, 2.75) is 84.5 Å². The summed E-state index contributed by atoms with van der Waals surface area (Å²) in [4.78, 5) is 0. The molecule has 0 aliphatic heterocycles. The molecule has 0 aromatic heterocycles. The van der Waals surface area contributed by atoms with Crippen molar-refractivity contribution in [2.75, 3.05) is 0 Å². The van der Waals surface area contributed by atoms with Crippen LogP contribution in [0.1, 0.15) is 84.5 Å². The SMILES string of the molecule is CCCCCC1CCCCC1CCCC. The lowest BCUT2D eigenvalue weighted by atomic mass is 9.74. The van der Waals surface area contributed by atoms with Crippen molar-refractivity contribution in [3.63, 3.8) is 0 Å². The Hall–Kier alpha value is 0. The Morgan fingerprint density at radius 3 is 1.80 bits per heavy atom. The lowest BCUT2D eigenvalue weighted by molar-refractivity contribution is 0.203. The average molecular weight is 210 g/mol. The fourth-order valence-electron chi connectivity index (χ4n) is 3.17. The molecule has 2 atom stereocenters. The summed E-state index contributed by atoms with van der Waals surface area (Å²) >= 11 is 0. The summed E-state index contributed by atoms with van der Waals surface area (Å²) < 4.78 is 0. The molecule has 1 saturated carbocycles. The fraction of sp³-hybridized carbons (Fsp3) is 1.00. The first kappa shape index (κ1) is 13.1. The van der Waals surface area contributed by atoms with E-state index in [1.54, 1.807) is 0 Å². The van der Waals surface area contributed by atoms with Crippen molar-refractivity contribution < 1.29 is 0 Å². The third-order valence-electron chi connectivity index (χ3n) is 4.17. The molecule has 1 rings (SSSR count). The highest BCUT2D eigenvalue weighted by molar-refractivity contribution is 4.75. The summed E-state index contributed by atoms with van der Waals surface area (Å²) in [5.74, 6) is 2.19. The van der Waals surface area contributed by atoms with Crippen molar-refractivity contribution in [2.24, 2.45) is 11.8 Å². The summed E-state index contributed by atoms with van der Waals surface area (Å²) in [5.41, 5.74) is 0. The molecule has 15 heavy (non-hydrogen) atoms. The summed E-state index contributed by atoms with van der Waals surface area (Å²) in [6.07, 6.45) is 16.3. The molecule has 2 unspecified atom stereocenters. The number of rotatable bonds is 7. The van der Waals surface area contributed by atoms with Gasteiger partial charge in [0.15, 0.2) is 0 Å². The molecule has 0 bridgehead atoms. The highest BCUT2D eigenvalue weighted by Crippen LogP contribution is 2.36. The number of hydrogen-bond acceptors (Lipinski definition) is 0. The van der Waals surface area contributed by atoms with Crippen molar-refractivity contribution in [1.29, 1.82) is 0 Å². The van der Waals surface area contributed by atoms with E-state index in [1.807, 2.05) is 0 Å². The Kier molecular flexibility index (Phi) is 7.13. The molecule has 0 heteroatoms. The van der Waals surface area contributed by atoms with E-state index in [-0.39, 0.29) is 0 Å². The summed E-state index contributed by atoms with van der Waals surface area (Å²) in [7, 11) is 0. The molecule has 0 nitrogen and oxygen atoms in total. The largest absolute Gasteiger partial charge is 0.0654 e. The van der Waals surface area contributed by atoms with Crippen LogP contribution in [-0.4, -0.2) is 0 Å². The maximum atomic E-state index is 2.33. The molecule has 0 saturated heterocycles. The highest BCUT2D eigenvalue weighted by atomic mass is 14.3. The quantitative estimate of drug-likeness (QED) is 0.482. The lowest BCUT2D eigenvalue weighted by Gasteiger charge is -2.31. The lowest BCUT2D eigenvalue weighted by Crippen LogP contribution is -2.19. The van der Waals surface area contributed by atoms with E-state index in [2.05, 4.69) is 13.8 Å². The Bertz CT molecular complexity index is 139. The van der Waals surface area contributed by atoms with E-state index in [0.717, 1.165) is 11.8 Å². The molecule has 1 aliphatic carbocycles. The minimum absolute atomic E-state index is 1.09. The van der Waals surface area contributed by atoms with Gasteiger partial charge in [-0.2, -0.15) is 0 Å². The molecule has 0 heterocycles. The van der Waals surface area contributed by atoms with Gasteiger partial charge in [-0.05, 0) is 11.8 Å². The fourth-order valence-corrected chi connectivity index (χ4v) is 3.17. The Morgan fingerprint density at radius 2 is 1.27 bits per heavy atom. The predicted molar refractivity (Wildman–Crippen MR) is 69.1 cm³/mol. The number of hydrogen-bond donors (Lipinski definition) is 0. The van der Waals surface area contributed by atoms with Crippen LogP contribution in [0.5, 0.6) is 0 Å². The van der Waals surface area contributed by atoms with Gasteiger partial charge in [-0.25, -0.2) is 0 Å². The highest BCUT2D eigenvalue weighted by Gasteiger charge is 2.23. The molecular formula is C15H30. The van der Waals surface area contributed by atoms with Gasteiger partial charge in [0, 0.05) is 0 Å². The second kappa shape index (κ2) is 8.19. The first-order chi connectivity index (χ1) is 7.38. The van der Waals surface area contributed by atoms with Gasteiger partial charge < -0.3 is 0 Å². The maximum Gasteiger partial charge on any atom is -0.0386 e. The van der Waals surface area contributed by atoms with Crippen LogP contribution in [0.2, 0.25) is 0 Å². The van der Waals surface area contributed by atoms with Crippen molar-refractivity contribution in [1.82, 2.24) is 0 Å². The van der Waals surface area contributed by atoms with Gasteiger partial charge >= 0.3 is 0 Å². The van der Waals surface area contributed by atoms with Crippen LogP contribution in [0.15, 0.2) is 0 Å². The molecule has 1 aliphatic rings. The smallest absolute Gasteiger partial charge is 0.0386 e. The number of unbranched alkanes of at least 4 members (excludes halogenated alkanes) is 3. The van der Waals surface area contributed by atoms with Gasteiger partial charge in [0.2, 0.25) is 0 Å². The van der Waals surface area contributed by atoms with Gasteiger partial charge in [0.1, 0.15) is 0 Å². The Morgan fingerprint density at radius 1 is 0.733 bits per heavy atom. The topological polar surface area (TPSA) is 0 Å². The molecule has 1 fully saturated rings. The minimum Gasteiger partial charge on any atom is -0.0654 e. The van der Waals surface area contributed by atoms with Gasteiger partial charge in [-0.1, -0.05) is 84.5 Å². The van der Waals surface area contributed by atoms with Gasteiger partial charge in [-0.15, -0.1) is 0 Å². The zero-order valence-electron chi connectivity index (χ0n) is 10.9. The first-order valence-corrected chi connectivity index (χ1v) is 7.38. The summed E-state index contributed by atoms with van der Waals surface area (Å²) in [5, 5.41) is 0. The van der Waals surface area contributed by atoms with Gasteiger partial charge in [0.25, 0.3) is 0 Å². The van der Waals surface area contributed by atoms with E-state index < -0.39 is 0 Å². The molecule has 0 spiro atoms. The first-order valence-electron chi connectivity index (χ1n) is 7.38. The molecule has 0 amide bonds. The van der Waals surface area contributed by atoms with E-state index in [4.69, 9.17) is 0 Å². The Balaban J connectivity index is 2.22. The minimum atomic E-state index is 1.09. The standard InChI is InChI=1S/C15H30/c1-3-5-7-11-15-13-9-8-12-14(15)10-6-4-2/h14-15H,3-13H2,1-2H3. The third-order valence-corrected chi connectivity index (χ3v) is 4.17. The van der Waals surface area contributed by atoms with Crippen LogP contribution in [-0.2, 0) is 0 Å². The molecule has 90 valence electrons. The third kappa shape index (κ3) is 5.04. The molecule has 0 aromatic carbocycles. The monoisotopic (exact) mass is 210 g/mol. The maximum absolute atomic E-state index is 2.33. The van der Waals surface area contributed by atoms with Gasteiger partial charge in [0.05, 0.1) is 0 Å². The predicted octanol–water partition coefficient (Wildman–Crippen LogP) is 5.56. The van der Waals surface area contributed by atoms with Crippen LogP contribution >= 0.6 is 0 Å². The van der Waals surface area contributed by atoms with Crippen LogP contribution in [0.3, 0.4) is 0 Å². The molecular weight excluding hydrogens is 180 g/mol.